The lowest BCUT2D eigenvalue weighted by molar-refractivity contribution is -0.254. The Bertz CT molecular complexity index is 1720. The Kier molecular flexibility index (Phi) is 12.7. The zero-order valence-electron chi connectivity index (χ0n) is 31.9. The van der Waals surface area contributed by atoms with Gasteiger partial charge in [0.25, 0.3) is 5.91 Å². The first-order chi connectivity index (χ1) is 26.9. The van der Waals surface area contributed by atoms with Gasteiger partial charge in [-0.25, -0.2) is 0 Å². The molecule has 2 aromatic rings. The van der Waals surface area contributed by atoms with Crippen LogP contribution in [0.5, 0.6) is 23.0 Å². The van der Waals surface area contributed by atoms with E-state index in [9.17, 15) is 20.1 Å². The number of phenolic OH excluding ortho intramolecular Hbond substituents is 1. The smallest absolute Gasteiger partial charge is 0.254 e. The summed E-state index contributed by atoms with van der Waals surface area (Å²) in [5.41, 5.74) is 2.97. The molecule has 55 heavy (non-hydrogen) atoms. The number of carbonyl (C=O) groups excluding carboxylic acids is 1. The van der Waals surface area contributed by atoms with E-state index in [1.165, 1.54) is 0 Å². The summed E-state index contributed by atoms with van der Waals surface area (Å²) in [5, 5.41) is 35.5. The largest absolute Gasteiger partial charge is 0.508 e. The zero-order chi connectivity index (χ0) is 38.4. The molecule has 0 aromatic heterocycles. The van der Waals surface area contributed by atoms with Crippen molar-refractivity contribution in [1.29, 1.82) is 0 Å². The van der Waals surface area contributed by atoms with Crippen molar-refractivity contribution in [2.24, 2.45) is 22.9 Å². The van der Waals surface area contributed by atoms with E-state index >= 15 is 0 Å². The quantitative estimate of drug-likeness (QED) is 0.0890. The number of amides is 1. The van der Waals surface area contributed by atoms with Crippen molar-refractivity contribution < 1.29 is 48.6 Å². The number of phenols is 1. The number of nitrogens with zero attached hydrogens (tertiary/aromatic N) is 2. The average molecular weight is 761 g/mol. The lowest BCUT2D eigenvalue weighted by Crippen LogP contribution is -2.70. The minimum atomic E-state index is -1.39. The van der Waals surface area contributed by atoms with Crippen molar-refractivity contribution in [2.75, 3.05) is 39.8 Å². The zero-order valence-corrected chi connectivity index (χ0v) is 31.9. The molecule has 12 heteroatoms. The van der Waals surface area contributed by atoms with Crippen molar-refractivity contribution in [3.8, 4) is 23.0 Å². The third-order valence-electron chi connectivity index (χ3n) is 11.8. The number of benzene rings is 2. The highest BCUT2D eigenvalue weighted by Crippen LogP contribution is 2.62. The van der Waals surface area contributed by atoms with Gasteiger partial charge in [-0.2, -0.15) is 0 Å². The summed E-state index contributed by atoms with van der Waals surface area (Å²) < 4.78 is 31.4. The molecule has 2 aromatic carbocycles. The van der Waals surface area contributed by atoms with E-state index in [0.29, 0.717) is 60.9 Å². The van der Waals surface area contributed by atoms with E-state index in [2.05, 4.69) is 12.7 Å². The Hall–Kier alpha value is -4.10. The van der Waals surface area contributed by atoms with Gasteiger partial charge in [0.15, 0.2) is 11.5 Å². The van der Waals surface area contributed by atoms with E-state index in [1.54, 1.807) is 42.5 Å². The van der Waals surface area contributed by atoms with Gasteiger partial charge < -0.3 is 48.7 Å². The van der Waals surface area contributed by atoms with E-state index in [4.69, 9.17) is 33.7 Å². The molecule has 298 valence electrons. The maximum absolute atomic E-state index is 14.9. The molecule has 12 nitrogen and oxygen atoms in total. The number of hydrogen-bond donors (Lipinski definition) is 3. The number of ether oxygens (including phenoxy) is 5. The normalized spacial score (nSPS) is 28.4. The summed E-state index contributed by atoms with van der Waals surface area (Å²) in [6, 6.07) is 9.82. The minimum absolute atomic E-state index is 0.0573. The first kappa shape index (κ1) is 39.1. The van der Waals surface area contributed by atoms with Crippen LogP contribution in [0.15, 0.2) is 65.9 Å². The van der Waals surface area contributed by atoms with Gasteiger partial charge in [-0.3, -0.25) is 4.79 Å². The van der Waals surface area contributed by atoms with Crippen LogP contribution in [0.2, 0.25) is 0 Å². The van der Waals surface area contributed by atoms with Crippen molar-refractivity contribution in [3.63, 3.8) is 0 Å². The topological polar surface area (TPSA) is 149 Å². The minimum Gasteiger partial charge on any atom is -0.508 e. The van der Waals surface area contributed by atoms with Crippen LogP contribution in [0.4, 0.5) is 0 Å². The number of oxime groups is 1. The summed E-state index contributed by atoms with van der Waals surface area (Å²) in [6.45, 7) is 7.53. The van der Waals surface area contributed by atoms with Crippen molar-refractivity contribution >= 4 is 11.6 Å². The number of allylic oxidation sites excluding steroid dienone is 1. The molecule has 2 aliphatic carbocycles. The molecular formula is C43H56N2O10. The standard InChI is InChI=1S/C43H56N2O10/c1-3-18-45(42(49)29-14-16-36-37(24-29)52-27-51-36)38-26-34(44-55-39-13-7-10-22-50-39)32-23-28(11-5-8-19-46)31(12-6-9-20-47)40-33-25-30(48)15-17-35(33)54-43(38,41(32)40)53-21-4-2/h4,14-17,23-25,28,31,38-41,46-48H,2-3,5-13,18-22,26-27H2,1H3. The van der Waals surface area contributed by atoms with Crippen molar-refractivity contribution in [3.05, 3.63) is 71.8 Å². The van der Waals surface area contributed by atoms with Crippen LogP contribution in [0.3, 0.4) is 0 Å². The third kappa shape index (κ3) is 7.96. The van der Waals surface area contributed by atoms with E-state index < -0.39 is 24.0 Å². The highest BCUT2D eigenvalue weighted by Gasteiger charge is 2.65. The van der Waals surface area contributed by atoms with Gasteiger partial charge in [0, 0.05) is 49.6 Å². The second-order valence-electron chi connectivity index (χ2n) is 15.3. The predicted molar refractivity (Wildman–Crippen MR) is 205 cm³/mol. The molecule has 0 bridgehead atoms. The maximum atomic E-state index is 14.9. The summed E-state index contributed by atoms with van der Waals surface area (Å²) >= 11 is 0. The Balaban J connectivity index is 1.42. The van der Waals surface area contributed by atoms with Gasteiger partial charge in [0.1, 0.15) is 17.5 Å². The number of carbonyl (C=O) groups is 1. The number of fused-ring (bicyclic) bond motifs is 3. The summed E-state index contributed by atoms with van der Waals surface area (Å²) in [4.78, 5) is 23.0. The van der Waals surface area contributed by atoms with Crippen LogP contribution in [0.1, 0.15) is 99.4 Å². The molecule has 3 heterocycles. The lowest BCUT2D eigenvalue weighted by atomic mass is 9.55. The first-order valence-electron chi connectivity index (χ1n) is 20.2. The van der Waals surface area contributed by atoms with Gasteiger partial charge in [-0.1, -0.05) is 37.1 Å². The molecule has 3 aliphatic heterocycles. The molecule has 3 N–H and O–H groups in total. The van der Waals surface area contributed by atoms with Crippen molar-refractivity contribution in [1.82, 2.24) is 4.90 Å². The predicted octanol–water partition coefficient (Wildman–Crippen LogP) is 6.83. The molecule has 7 unspecified atom stereocenters. The van der Waals surface area contributed by atoms with Crippen LogP contribution < -0.4 is 14.2 Å². The second kappa shape index (κ2) is 17.8. The maximum Gasteiger partial charge on any atom is 0.254 e. The SMILES string of the molecule is C=CCOC12Oc3ccc(O)cc3C3C(CCCCO)C(CCCCO)C=C(C(=NOC4CCCCO4)CC1N(CCC)C(=O)c1ccc4c(c1)OCO4)C32. The van der Waals surface area contributed by atoms with Crippen LogP contribution in [0, 0.1) is 17.8 Å². The summed E-state index contributed by atoms with van der Waals surface area (Å²) in [6.07, 6.45) is 11.8. The molecule has 5 aliphatic rings. The fourth-order valence-electron chi connectivity index (χ4n) is 9.41. The fraction of sp³-hybridized carbons (Fsp3) is 0.581. The van der Waals surface area contributed by atoms with Gasteiger partial charge in [0.2, 0.25) is 18.9 Å². The number of hydrogen-bond acceptors (Lipinski definition) is 11. The molecule has 1 saturated carbocycles. The number of aromatic hydroxyl groups is 1. The Morgan fingerprint density at radius 1 is 1.04 bits per heavy atom. The fourth-order valence-corrected chi connectivity index (χ4v) is 9.41. The molecular weight excluding hydrogens is 704 g/mol. The molecule has 2 fully saturated rings. The van der Waals surface area contributed by atoms with E-state index in [-0.39, 0.29) is 62.4 Å². The van der Waals surface area contributed by atoms with Gasteiger partial charge in [-0.15, -0.1) is 6.58 Å². The summed E-state index contributed by atoms with van der Waals surface area (Å²) in [7, 11) is 0. The molecule has 7 atom stereocenters. The average Bonchev–Trinajstić information content (AvgIpc) is 3.68. The van der Waals surface area contributed by atoms with Crippen LogP contribution in [-0.4, -0.2) is 89.7 Å². The van der Waals surface area contributed by atoms with Gasteiger partial charge >= 0.3 is 0 Å². The number of rotatable bonds is 17. The highest BCUT2D eigenvalue weighted by molar-refractivity contribution is 6.03. The summed E-state index contributed by atoms with van der Waals surface area (Å²) in [5.74, 6) is -0.300. The molecule has 7 rings (SSSR count). The highest BCUT2D eigenvalue weighted by atomic mass is 16.8. The molecule has 0 spiro atoms. The van der Waals surface area contributed by atoms with Gasteiger partial charge in [0.05, 0.1) is 24.8 Å². The lowest BCUT2D eigenvalue weighted by Gasteiger charge is -2.60. The van der Waals surface area contributed by atoms with Crippen LogP contribution >= 0.6 is 0 Å². The Labute approximate surface area is 323 Å². The van der Waals surface area contributed by atoms with Crippen LogP contribution in [0.25, 0.3) is 0 Å². The number of aliphatic hydroxyl groups excluding tert-OH is 2. The molecule has 0 radical (unpaired) electrons. The second-order valence-corrected chi connectivity index (χ2v) is 15.3. The molecule has 1 amide bonds. The number of aliphatic hydroxyl groups is 2. The van der Waals surface area contributed by atoms with E-state index in [1.807, 2.05) is 11.8 Å². The Morgan fingerprint density at radius 2 is 1.84 bits per heavy atom. The van der Waals surface area contributed by atoms with Gasteiger partial charge in [-0.05, 0) is 98.8 Å². The Morgan fingerprint density at radius 3 is 2.60 bits per heavy atom. The number of unbranched alkanes of at least 4 members (excludes halogenated alkanes) is 2. The van der Waals surface area contributed by atoms with E-state index in [0.717, 1.165) is 56.1 Å². The first-order valence-corrected chi connectivity index (χ1v) is 20.2. The third-order valence-corrected chi connectivity index (χ3v) is 11.8. The monoisotopic (exact) mass is 760 g/mol. The molecule has 1 saturated heterocycles. The van der Waals surface area contributed by atoms with Crippen LogP contribution in [-0.2, 0) is 14.3 Å². The van der Waals surface area contributed by atoms with Crippen molar-refractivity contribution in [2.45, 2.75) is 102 Å².